The Bertz CT molecular complexity index is 595. The van der Waals surface area contributed by atoms with E-state index in [0.29, 0.717) is 38.0 Å². The zero-order valence-corrected chi connectivity index (χ0v) is 12.0. The van der Waals surface area contributed by atoms with Crippen LogP contribution in [0.3, 0.4) is 0 Å². The summed E-state index contributed by atoms with van der Waals surface area (Å²) in [6.07, 6.45) is -1.58. The van der Waals surface area contributed by atoms with Crippen molar-refractivity contribution in [2.45, 2.75) is 31.5 Å². The number of amides is 1. The van der Waals surface area contributed by atoms with E-state index in [1.807, 2.05) is 0 Å². The number of hydrogen-bond acceptors (Lipinski definition) is 4. The van der Waals surface area contributed by atoms with Gasteiger partial charge in [0, 0.05) is 38.3 Å². The minimum Gasteiger partial charge on any atom is -0.441 e. The summed E-state index contributed by atoms with van der Waals surface area (Å²) in [6.45, 7) is 2.85. The molecule has 8 heteroatoms. The van der Waals surface area contributed by atoms with Gasteiger partial charge in [-0.15, -0.1) is 0 Å². The lowest BCUT2D eigenvalue weighted by atomic mass is 9.91. The van der Waals surface area contributed by atoms with E-state index in [1.54, 1.807) is 11.8 Å². The van der Waals surface area contributed by atoms with Crippen molar-refractivity contribution >= 4 is 11.8 Å². The number of alkyl halides is 3. The normalized spacial score (nSPS) is 20.9. The molecule has 0 unspecified atom stereocenters. The molecule has 3 rings (SSSR count). The van der Waals surface area contributed by atoms with Crippen LogP contribution in [-0.4, -0.2) is 36.3 Å². The van der Waals surface area contributed by atoms with Crippen molar-refractivity contribution in [1.29, 1.82) is 0 Å². The molecule has 120 valence electrons. The number of rotatable bonds is 1. The van der Waals surface area contributed by atoms with E-state index in [4.69, 9.17) is 4.74 Å². The lowest BCUT2D eigenvalue weighted by Crippen LogP contribution is -2.47. The monoisotopic (exact) mass is 315 g/mol. The number of hydrogen-bond donors (Lipinski definition) is 1. The second-order valence-corrected chi connectivity index (χ2v) is 5.76. The molecule has 1 aromatic heterocycles. The minimum atomic E-state index is -4.44. The Balaban J connectivity index is 1.84. The quantitative estimate of drug-likeness (QED) is 0.865. The number of carbonyl (C=O) groups is 1. The van der Waals surface area contributed by atoms with Crippen LogP contribution in [-0.2, 0) is 10.9 Å². The molecule has 0 atom stereocenters. The number of nitrogens with zero attached hydrogens (tertiary/aromatic N) is 2. The van der Waals surface area contributed by atoms with Crippen molar-refractivity contribution in [3.63, 3.8) is 0 Å². The summed E-state index contributed by atoms with van der Waals surface area (Å²) < 4.78 is 44.8. The van der Waals surface area contributed by atoms with Gasteiger partial charge in [-0.25, -0.2) is 4.79 Å². The maximum atomic E-state index is 13.2. The van der Waals surface area contributed by atoms with E-state index >= 15 is 0 Å². The number of piperidine rings is 1. The lowest BCUT2D eigenvalue weighted by Gasteiger charge is -2.39. The third-order valence-corrected chi connectivity index (χ3v) is 4.26. The molecule has 2 fully saturated rings. The highest BCUT2D eigenvalue weighted by atomic mass is 19.4. The van der Waals surface area contributed by atoms with Gasteiger partial charge in [-0.1, -0.05) is 0 Å². The topological polar surface area (TPSA) is 54.5 Å². The number of aryl methyl sites for hydroxylation is 1. The van der Waals surface area contributed by atoms with Crippen molar-refractivity contribution in [3.8, 4) is 0 Å². The number of pyridine rings is 1. The van der Waals surface area contributed by atoms with E-state index < -0.39 is 23.4 Å². The minimum absolute atomic E-state index is 0.176. The maximum absolute atomic E-state index is 13.2. The predicted octanol–water partition coefficient (Wildman–Crippen LogP) is 2.49. The Morgan fingerprint density at radius 3 is 2.55 bits per heavy atom. The molecule has 3 heterocycles. The molecule has 0 saturated carbocycles. The molecule has 2 saturated heterocycles. The average molecular weight is 315 g/mol. The fourth-order valence-corrected chi connectivity index (χ4v) is 3.10. The summed E-state index contributed by atoms with van der Waals surface area (Å²) in [5.74, 6) is 0. The first-order valence-electron chi connectivity index (χ1n) is 7.04. The Morgan fingerprint density at radius 2 is 2.00 bits per heavy atom. The van der Waals surface area contributed by atoms with Crippen LogP contribution in [0.5, 0.6) is 0 Å². The Labute approximate surface area is 125 Å². The zero-order chi connectivity index (χ0) is 16.0. The van der Waals surface area contributed by atoms with Gasteiger partial charge in [0.1, 0.15) is 5.60 Å². The van der Waals surface area contributed by atoms with Crippen LogP contribution in [0, 0.1) is 6.92 Å². The van der Waals surface area contributed by atoms with Crippen molar-refractivity contribution in [2.75, 3.05) is 24.5 Å². The maximum Gasteiger partial charge on any atom is 0.419 e. The molecule has 1 aromatic rings. The molecule has 5 nitrogen and oxygen atoms in total. The van der Waals surface area contributed by atoms with E-state index in [0.717, 1.165) is 6.20 Å². The Morgan fingerprint density at radius 1 is 1.32 bits per heavy atom. The van der Waals surface area contributed by atoms with Crippen LogP contribution in [0.25, 0.3) is 0 Å². The molecule has 2 aliphatic rings. The van der Waals surface area contributed by atoms with Crippen molar-refractivity contribution in [1.82, 2.24) is 10.3 Å². The number of halogens is 3. The Hall–Kier alpha value is -1.99. The highest BCUT2D eigenvalue weighted by molar-refractivity contribution is 5.70. The van der Waals surface area contributed by atoms with Gasteiger partial charge in [-0.3, -0.25) is 4.98 Å². The van der Waals surface area contributed by atoms with E-state index in [2.05, 4.69) is 10.3 Å². The molecule has 0 radical (unpaired) electrons. The lowest BCUT2D eigenvalue weighted by molar-refractivity contribution is -0.137. The second-order valence-electron chi connectivity index (χ2n) is 5.76. The van der Waals surface area contributed by atoms with Crippen LogP contribution < -0.4 is 10.2 Å². The number of alkyl carbamates (subject to hydrolysis) is 1. The molecule has 0 bridgehead atoms. The smallest absolute Gasteiger partial charge is 0.419 e. The summed E-state index contributed by atoms with van der Waals surface area (Å²) in [5, 5.41) is 2.61. The van der Waals surface area contributed by atoms with E-state index in [-0.39, 0.29) is 5.69 Å². The molecule has 22 heavy (non-hydrogen) atoms. The highest BCUT2D eigenvalue weighted by Crippen LogP contribution is 2.40. The summed E-state index contributed by atoms with van der Waals surface area (Å²) >= 11 is 0. The molecular weight excluding hydrogens is 299 g/mol. The second kappa shape index (κ2) is 5.03. The fraction of sp³-hybridized carbons (Fsp3) is 0.571. The molecule has 1 amide bonds. The molecule has 0 aliphatic carbocycles. The van der Waals surface area contributed by atoms with Gasteiger partial charge in [0.05, 0.1) is 17.8 Å². The third kappa shape index (κ3) is 2.57. The third-order valence-electron chi connectivity index (χ3n) is 4.26. The average Bonchev–Trinajstić information content (AvgIpc) is 2.80. The number of aromatic nitrogens is 1. The zero-order valence-electron chi connectivity index (χ0n) is 12.0. The SMILES string of the molecule is Cc1cncc(C(F)(F)F)c1N1CCC2(CC1)CNC(=O)O2. The van der Waals surface area contributed by atoms with Gasteiger partial charge in [0.15, 0.2) is 0 Å². The van der Waals surface area contributed by atoms with Gasteiger partial charge in [0.2, 0.25) is 0 Å². The van der Waals surface area contributed by atoms with Gasteiger partial charge in [-0.2, -0.15) is 13.2 Å². The number of anilines is 1. The van der Waals surface area contributed by atoms with Crippen LogP contribution in [0.1, 0.15) is 24.0 Å². The number of carbonyl (C=O) groups excluding carboxylic acids is 1. The van der Waals surface area contributed by atoms with Crippen LogP contribution in [0.2, 0.25) is 0 Å². The van der Waals surface area contributed by atoms with Crippen molar-refractivity contribution < 1.29 is 22.7 Å². The van der Waals surface area contributed by atoms with E-state index in [9.17, 15) is 18.0 Å². The van der Waals surface area contributed by atoms with Crippen LogP contribution in [0.15, 0.2) is 12.4 Å². The summed E-state index contributed by atoms with van der Waals surface area (Å²) in [7, 11) is 0. The van der Waals surface area contributed by atoms with Gasteiger partial charge >= 0.3 is 12.3 Å². The van der Waals surface area contributed by atoms with Gasteiger partial charge in [0.25, 0.3) is 0 Å². The summed E-state index contributed by atoms with van der Waals surface area (Å²) in [5.41, 5.74) is -0.626. The van der Waals surface area contributed by atoms with E-state index in [1.165, 1.54) is 6.20 Å². The van der Waals surface area contributed by atoms with Crippen LogP contribution in [0.4, 0.5) is 23.7 Å². The molecular formula is C14H16F3N3O2. The Kier molecular flexibility index (Phi) is 3.41. The summed E-state index contributed by atoms with van der Waals surface area (Å²) in [6, 6.07) is 0. The molecule has 1 N–H and O–H groups in total. The first-order valence-corrected chi connectivity index (χ1v) is 7.04. The first kappa shape index (κ1) is 14.9. The fourth-order valence-electron chi connectivity index (χ4n) is 3.10. The number of ether oxygens (including phenoxy) is 1. The summed E-state index contributed by atoms with van der Waals surface area (Å²) in [4.78, 5) is 16.6. The number of nitrogens with one attached hydrogen (secondary N) is 1. The van der Waals surface area contributed by atoms with Crippen LogP contribution >= 0.6 is 0 Å². The first-order chi connectivity index (χ1) is 10.3. The van der Waals surface area contributed by atoms with Gasteiger partial charge in [-0.05, 0) is 12.5 Å². The van der Waals surface area contributed by atoms with Gasteiger partial charge < -0.3 is 15.0 Å². The molecule has 0 aromatic carbocycles. The molecule has 1 spiro atoms. The van der Waals surface area contributed by atoms with Crippen molar-refractivity contribution in [2.24, 2.45) is 0 Å². The highest BCUT2D eigenvalue weighted by Gasteiger charge is 2.44. The molecule has 2 aliphatic heterocycles. The largest absolute Gasteiger partial charge is 0.441 e. The predicted molar refractivity (Wildman–Crippen MR) is 72.6 cm³/mol. The standard InChI is InChI=1S/C14H16F3N3O2/c1-9-6-18-7-10(14(15,16)17)11(9)20-4-2-13(3-5-20)8-19-12(21)22-13/h6-7H,2-5,8H2,1H3,(H,19,21). The van der Waals surface area contributed by atoms with Crippen molar-refractivity contribution in [3.05, 3.63) is 23.5 Å².